The first-order valence-electron chi connectivity index (χ1n) is 7.16. The summed E-state index contributed by atoms with van der Waals surface area (Å²) in [5.41, 5.74) is 1.21. The molecule has 0 radical (unpaired) electrons. The molecular weight excluding hydrogens is 330 g/mol. The Morgan fingerprint density at radius 1 is 1.25 bits per heavy atom. The molecule has 2 rings (SSSR count). The lowest BCUT2D eigenvalue weighted by molar-refractivity contribution is -0.139. The summed E-state index contributed by atoms with van der Waals surface area (Å²) >= 11 is 0. The molecule has 128 valence electrons. The number of carboxylic acid groups (broad SMARTS) is 1. The number of carboxylic acids is 1. The fourth-order valence-corrected chi connectivity index (χ4v) is 3.25. The molecule has 1 unspecified atom stereocenters. The molecule has 2 N–H and O–H groups in total. The van der Waals surface area contributed by atoms with Crippen LogP contribution in [0.1, 0.15) is 17.2 Å². The Kier molecular flexibility index (Phi) is 5.20. The Hall–Kier alpha value is -2.45. The van der Waals surface area contributed by atoms with Gasteiger partial charge in [-0.15, -0.1) is 0 Å². The number of pyridine rings is 1. The predicted octanol–water partition coefficient (Wildman–Crippen LogP) is 1.56. The van der Waals surface area contributed by atoms with E-state index in [-0.39, 0.29) is 4.90 Å². The minimum Gasteiger partial charge on any atom is -0.480 e. The van der Waals surface area contributed by atoms with Crippen LogP contribution < -0.4 is 9.62 Å². The largest absolute Gasteiger partial charge is 0.480 e. The van der Waals surface area contributed by atoms with Gasteiger partial charge in [0.05, 0.1) is 0 Å². The Labute approximate surface area is 141 Å². The fraction of sp³-hybridized carbons (Fsp3) is 0.250. The third-order valence-electron chi connectivity index (χ3n) is 3.38. The topological polar surface area (TPSA) is 99.6 Å². The number of nitrogens with zero attached hydrogens (tertiary/aromatic N) is 2. The van der Waals surface area contributed by atoms with Crippen LogP contribution in [-0.2, 0) is 14.8 Å². The molecule has 0 aliphatic rings. The van der Waals surface area contributed by atoms with Crippen LogP contribution in [0.2, 0.25) is 0 Å². The molecule has 0 amide bonds. The van der Waals surface area contributed by atoms with E-state index in [0.717, 1.165) is 5.56 Å². The second-order valence-electron chi connectivity index (χ2n) is 5.55. The number of rotatable bonds is 6. The Balaban J connectivity index is 2.32. The van der Waals surface area contributed by atoms with Gasteiger partial charge in [0.2, 0.25) is 10.0 Å². The monoisotopic (exact) mass is 349 g/mol. The number of aryl methyl sites for hydroxylation is 1. The maximum absolute atomic E-state index is 12.5. The molecule has 1 aromatic carbocycles. The lowest BCUT2D eigenvalue weighted by atomic mass is 10.1. The van der Waals surface area contributed by atoms with Gasteiger partial charge in [-0.1, -0.05) is 29.8 Å². The zero-order chi connectivity index (χ0) is 17.9. The van der Waals surface area contributed by atoms with Crippen LogP contribution >= 0.6 is 0 Å². The van der Waals surface area contributed by atoms with Crippen LogP contribution in [0.15, 0.2) is 47.5 Å². The molecule has 24 heavy (non-hydrogen) atoms. The van der Waals surface area contributed by atoms with Gasteiger partial charge in [-0.05, 0) is 24.6 Å². The summed E-state index contributed by atoms with van der Waals surface area (Å²) in [4.78, 5) is 17.2. The van der Waals surface area contributed by atoms with Crippen molar-refractivity contribution >= 4 is 21.8 Å². The van der Waals surface area contributed by atoms with Crippen LogP contribution in [-0.4, -0.2) is 38.6 Å². The van der Waals surface area contributed by atoms with E-state index in [1.807, 2.05) is 0 Å². The standard InChI is InChI=1S/C16H19N3O4S/c1-11-5-4-6-12(9-11)15(16(20)21)18-24(22,23)13-7-8-14(17-10-13)19(2)3/h4-10,15,18H,1-3H3,(H,20,21). The lowest BCUT2D eigenvalue weighted by Gasteiger charge is -2.16. The number of carbonyl (C=O) groups is 1. The van der Waals surface area contributed by atoms with Crippen LogP contribution in [0.25, 0.3) is 0 Å². The van der Waals surface area contributed by atoms with Gasteiger partial charge in [-0.25, -0.2) is 13.4 Å². The van der Waals surface area contributed by atoms with Gasteiger partial charge in [-0.2, -0.15) is 4.72 Å². The van der Waals surface area contributed by atoms with Gasteiger partial charge in [-0.3, -0.25) is 4.79 Å². The summed E-state index contributed by atoms with van der Waals surface area (Å²) in [6.07, 6.45) is 1.20. The molecule has 0 saturated carbocycles. The van der Waals surface area contributed by atoms with Crippen LogP contribution in [0.3, 0.4) is 0 Å². The van der Waals surface area contributed by atoms with Gasteiger partial charge < -0.3 is 10.0 Å². The molecule has 0 fully saturated rings. The number of anilines is 1. The molecule has 0 saturated heterocycles. The number of benzene rings is 1. The van der Waals surface area contributed by atoms with Crippen LogP contribution in [0, 0.1) is 6.92 Å². The smallest absolute Gasteiger partial charge is 0.326 e. The summed E-state index contributed by atoms with van der Waals surface area (Å²) in [7, 11) is -0.450. The molecule has 0 spiro atoms. The zero-order valence-electron chi connectivity index (χ0n) is 13.6. The highest BCUT2D eigenvalue weighted by molar-refractivity contribution is 7.89. The van der Waals surface area contributed by atoms with Crippen molar-refractivity contribution in [2.24, 2.45) is 0 Å². The van der Waals surface area contributed by atoms with Crippen molar-refractivity contribution < 1.29 is 18.3 Å². The highest BCUT2D eigenvalue weighted by Gasteiger charge is 2.27. The molecular formula is C16H19N3O4S. The summed E-state index contributed by atoms with van der Waals surface area (Å²) < 4.78 is 27.1. The summed E-state index contributed by atoms with van der Waals surface area (Å²) in [6, 6.07) is 8.26. The third-order valence-corrected chi connectivity index (χ3v) is 4.79. The van der Waals surface area contributed by atoms with E-state index in [1.54, 1.807) is 56.3 Å². The van der Waals surface area contributed by atoms with Gasteiger partial charge in [0.1, 0.15) is 16.8 Å². The van der Waals surface area contributed by atoms with Gasteiger partial charge in [0.25, 0.3) is 0 Å². The number of nitrogens with one attached hydrogen (secondary N) is 1. The van der Waals surface area contributed by atoms with E-state index in [0.29, 0.717) is 11.4 Å². The van der Waals surface area contributed by atoms with E-state index in [1.165, 1.54) is 12.3 Å². The lowest BCUT2D eigenvalue weighted by Crippen LogP contribution is -2.34. The molecule has 1 atom stereocenters. The average Bonchev–Trinajstić information content (AvgIpc) is 2.52. The third kappa shape index (κ3) is 4.09. The quantitative estimate of drug-likeness (QED) is 0.821. The maximum atomic E-state index is 12.5. The average molecular weight is 349 g/mol. The van der Waals surface area contributed by atoms with Crippen molar-refractivity contribution in [3.05, 3.63) is 53.7 Å². The minimum atomic E-state index is -4.02. The van der Waals surface area contributed by atoms with Crippen molar-refractivity contribution in [3.63, 3.8) is 0 Å². The van der Waals surface area contributed by atoms with Gasteiger partial charge in [0.15, 0.2) is 0 Å². The second kappa shape index (κ2) is 6.98. The van der Waals surface area contributed by atoms with Crippen LogP contribution in [0.4, 0.5) is 5.82 Å². The van der Waals surface area contributed by atoms with E-state index in [9.17, 15) is 18.3 Å². The van der Waals surface area contributed by atoms with Gasteiger partial charge >= 0.3 is 5.97 Å². The highest BCUT2D eigenvalue weighted by Crippen LogP contribution is 2.19. The summed E-state index contributed by atoms with van der Waals surface area (Å²) in [5, 5.41) is 9.40. The van der Waals surface area contributed by atoms with E-state index in [2.05, 4.69) is 9.71 Å². The Morgan fingerprint density at radius 3 is 2.46 bits per heavy atom. The molecule has 2 aromatic rings. The Morgan fingerprint density at radius 2 is 1.96 bits per heavy atom. The molecule has 1 aromatic heterocycles. The summed E-state index contributed by atoms with van der Waals surface area (Å²) in [5.74, 6) is -0.676. The van der Waals surface area contributed by atoms with Crippen LogP contribution in [0.5, 0.6) is 0 Å². The number of aromatic nitrogens is 1. The SMILES string of the molecule is Cc1cccc(C(NS(=O)(=O)c2ccc(N(C)C)nc2)C(=O)O)c1. The first-order valence-corrected chi connectivity index (χ1v) is 8.64. The molecule has 1 heterocycles. The number of aliphatic carboxylic acids is 1. The van der Waals surface area contributed by atoms with Crippen molar-refractivity contribution in [2.75, 3.05) is 19.0 Å². The number of hydrogen-bond acceptors (Lipinski definition) is 5. The first-order chi connectivity index (χ1) is 11.2. The highest BCUT2D eigenvalue weighted by atomic mass is 32.2. The van der Waals surface area contributed by atoms with Gasteiger partial charge in [0, 0.05) is 20.3 Å². The zero-order valence-corrected chi connectivity index (χ0v) is 14.4. The minimum absolute atomic E-state index is 0.0907. The molecule has 0 aliphatic carbocycles. The summed E-state index contributed by atoms with van der Waals surface area (Å²) in [6.45, 7) is 1.81. The number of sulfonamides is 1. The van der Waals surface area contributed by atoms with E-state index < -0.39 is 22.0 Å². The van der Waals surface area contributed by atoms with E-state index >= 15 is 0 Å². The first kappa shape index (κ1) is 17.9. The maximum Gasteiger partial charge on any atom is 0.326 e. The number of hydrogen-bond donors (Lipinski definition) is 2. The molecule has 0 aliphatic heterocycles. The predicted molar refractivity (Wildman–Crippen MR) is 90.4 cm³/mol. The molecule has 0 bridgehead atoms. The normalized spacial score (nSPS) is 12.6. The molecule has 7 nitrogen and oxygen atoms in total. The van der Waals surface area contributed by atoms with Crippen molar-refractivity contribution in [3.8, 4) is 0 Å². The molecule has 8 heteroatoms. The second-order valence-corrected chi connectivity index (χ2v) is 7.27. The van der Waals surface area contributed by atoms with E-state index in [4.69, 9.17) is 0 Å². The van der Waals surface area contributed by atoms with Crippen molar-refractivity contribution in [1.82, 2.24) is 9.71 Å². The fourth-order valence-electron chi connectivity index (χ4n) is 2.13. The van der Waals surface area contributed by atoms with Crippen molar-refractivity contribution in [1.29, 1.82) is 0 Å². The van der Waals surface area contributed by atoms with Crippen molar-refractivity contribution in [2.45, 2.75) is 17.9 Å². The Bertz CT molecular complexity index is 833.